The Bertz CT molecular complexity index is 461. The van der Waals surface area contributed by atoms with E-state index in [1.165, 1.54) is 6.92 Å². The molecular weight excluding hydrogens is 278 g/mol. The van der Waals surface area contributed by atoms with Gasteiger partial charge < -0.3 is 16.2 Å². The highest BCUT2D eigenvalue weighted by molar-refractivity contribution is 5.95. The minimum atomic E-state index is -1.20. The van der Waals surface area contributed by atoms with Crippen molar-refractivity contribution in [2.45, 2.75) is 38.8 Å². The number of aliphatic hydroxyl groups is 1. The number of rotatable bonds is 11. The lowest BCUT2D eigenvalue weighted by Crippen LogP contribution is -2.41. The fourth-order valence-corrected chi connectivity index (χ4v) is 2.37. The van der Waals surface area contributed by atoms with E-state index in [9.17, 15) is 9.90 Å². The highest BCUT2D eigenvalue weighted by Gasteiger charge is 2.25. The predicted octanol–water partition coefficient (Wildman–Crippen LogP) is 1.36. The zero-order chi connectivity index (χ0) is 16.4. The van der Waals surface area contributed by atoms with Crippen molar-refractivity contribution in [1.82, 2.24) is 10.6 Å². The Kier molecular flexibility index (Phi) is 8.27. The molecule has 1 rings (SSSR count). The normalized spacial score (nSPS) is 13.8. The first-order valence-corrected chi connectivity index (χ1v) is 7.97. The molecule has 0 spiro atoms. The van der Waals surface area contributed by atoms with Crippen molar-refractivity contribution >= 4 is 5.78 Å². The van der Waals surface area contributed by atoms with E-state index >= 15 is 0 Å². The molecule has 0 aliphatic carbocycles. The Morgan fingerprint density at radius 1 is 1.18 bits per heavy atom. The Balaban J connectivity index is 2.40. The third-order valence-corrected chi connectivity index (χ3v) is 3.64. The second-order valence-electron chi connectivity index (χ2n) is 5.70. The van der Waals surface area contributed by atoms with Crippen LogP contribution >= 0.6 is 0 Å². The van der Waals surface area contributed by atoms with Crippen LogP contribution in [0.2, 0.25) is 0 Å². The van der Waals surface area contributed by atoms with Gasteiger partial charge in [-0.1, -0.05) is 24.3 Å². The summed E-state index contributed by atoms with van der Waals surface area (Å²) >= 11 is 0. The van der Waals surface area contributed by atoms with Crippen molar-refractivity contribution < 1.29 is 9.90 Å². The van der Waals surface area contributed by atoms with Crippen molar-refractivity contribution in [3.8, 4) is 0 Å². The molecule has 5 N–H and O–H groups in total. The van der Waals surface area contributed by atoms with Gasteiger partial charge in [-0.3, -0.25) is 10.1 Å². The third kappa shape index (κ3) is 6.23. The number of hydrogen-bond acceptors (Lipinski definition) is 5. The molecular formula is C17H29N3O2. The molecule has 22 heavy (non-hydrogen) atoms. The molecule has 0 bridgehead atoms. The SMILES string of the molecule is CC(=O)c1ccccc1C(C)(O)NCCCCNCCCN. The van der Waals surface area contributed by atoms with Gasteiger partial charge in [0.15, 0.2) is 5.78 Å². The standard InChI is InChI=1S/C17H29N3O2/c1-14(21)15-8-3-4-9-16(15)17(2,22)20-13-6-5-11-19-12-7-10-18/h3-4,8-9,19-20,22H,5-7,10-13,18H2,1-2H3. The van der Waals surface area contributed by atoms with Gasteiger partial charge in [-0.15, -0.1) is 0 Å². The predicted molar refractivity (Wildman–Crippen MR) is 89.8 cm³/mol. The van der Waals surface area contributed by atoms with Gasteiger partial charge in [0.25, 0.3) is 0 Å². The van der Waals surface area contributed by atoms with E-state index in [4.69, 9.17) is 5.73 Å². The van der Waals surface area contributed by atoms with Crippen LogP contribution in [0.5, 0.6) is 0 Å². The molecule has 1 atom stereocenters. The lowest BCUT2D eigenvalue weighted by atomic mass is 9.96. The van der Waals surface area contributed by atoms with E-state index in [0.29, 0.717) is 24.2 Å². The average molecular weight is 307 g/mol. The van der Waals surface area contributed by atoms with Gasteiger partial charge in [-0.05, 0) is 59.3 Å². The van der Waals surface area contributed by atoms with Crippen molar-refractivity contribution in [3.63, 3.8) is 0 Å². The van der Waals surface area contributed by atoms with Crippen LogP contribution in [0, 0.1) is 0 Å². The third-order valence-electron chi connectivity index (χ3n) is 3.64. The van der Waals surface area contributed by atoms with Gasteiger partial charge in [0.05, 0.1) is 0 Å². The maximum Gasteiger partial charge on any atom is 0.160 e. The first-order valence-electron chi connectivity index (χ1n) is 7.97. The van der Waals surface area contributed by atoms with Gasteiger partial charge in [0.1, 0.15) is 5.72 Å². The molecule has 0 radical (unpaired) electrons. The second-order valence-corrected chi connectivity index (χ2v) is 5.70. The molecule has 0 saturated heterocycles. The number of carbonyl (C=O) groups is 1. The zero-order valence-electron chi connectivity index (χ0n) is 13.7. The fourth-order valence-electron chi connectivity index (χ4n) is 2.37. The maximum atomic E-state index is 11.7. The van der Waals surface area contributed by atoms with Gasteiger partial charge in [-0.25, -0.2) is 0 Å². The number of Topliss-reactive ketones (excluding diaryl/α,β-unsaturated/α-hetero) is 1. The summed E-state index contributed by atoms with van der Waals surface area (Å²) in [5.41, 5.74) is 5.41. The highest BCUT2D eigenvalue weighted by atomic mass is 16.3. The van der Waals surface area contributed by atoms with E-state index in [1.807, 2.05) is 12.1 Å². The van der Waals surface area contributed by atoms with Crippen LogP contribution < -0.4 is 16.4 Å². The molecule has 0 amide bonds. The average Bonchev–Trinajstić information content (AvgIpc) is 2.50. The fraction of sp³-hybridized carbons (Fsp3) is 0.588. The monoisotopic (exact) mass is 307 g/mol. The summed E-state index contributed by atoms with van der Waals surface area (Å²) in [4.78, 5) is 11.7. The molecule has 5 heteroatoms. The van der Waals surface area contributed by atoms with Gasteiger partial charge >= 0.3 is 0 Å². The van der Waals surface area contributed by atoms with E-state index in [2.05, 4.69) is 10.6 Å². The molecule has 1 unspecified atom stereocenters. The zero-order valence-corrected chi connectivity index (χ0v) is 13.7. The van der Waals surface area contributed by atoms with Crippen LogP contribution in [0.1, 0.15) is 49.0 Å². The number of ketones is 1. The van der Waals surface area contributed by atoms with Crippen molar-refractivity contribution in [2.24, 2.45) is 5.73 Å². The van der Waals surface area contributed by atoms with E-state index in [0.717, 1.165) is 32.4 Å². The number of nitrogens with one attached hydrogen (secondary N) is 2. The number of carbonyl (C=O) groups excluding carboxylic acids is 1. The van der Waals surface area contributed by atoms with E-state index < -0.39 is 5.72 Å². The van der Waals surface area contributed by atoms with Gasteiger partial charge in [0.2, 0.25) is 0 Å². The van der Waals surface area contributed by atoms with Crippen molar-refractivity contribution in [3.05, 3.63) is 35.4 Å². The molecule has 1 aromatic carbocycles. The van der Waals surface area contributed by atoms with Gasteiger partial charge in [0, 0.05) is 11.1 Å². The number of hydrogen-bond donors (Lipinski definition) is 4. The Morgan fingerprint density at radius 2 is 1.82 bits per heavy atom. The summed E-state index contributed by atoms with van der Waals surface area (Å²) < 4.78 is 0. The Morgan fingerprint density at radius 3 is 2.50 bits per heavy atom. The molecule has 0 heterocycles. The maximum absolute atomic E-state index is 11.7. The molecule has 0 saturated carbocycles. The van der Waals surface area contributed by atoms with Crippen LogP contribution in [0.15, 0.2) is 24.3 Å². The Labute approximate surface area is 133 Å². The number of nitrogens with two attached hydrogens (primary N) is 1. The largest absolute Gasteiger partial charge is 0.372 e. The summed E-state index contributed by atoms with van der Waals surface area (Å²) in [6.07, 6.45) is 2.98. The molecule has 5 nitrogen and oxygen atoms in total. The van der Waals surface area contributed by atoms with Crippen LogP contribution in [-0.4, -0.2) is 37.1 Å². The minimum Gasteiger partial charge on any atom is -0.372 e. The number of benzene rings is 1. The summed E-state index contributed by atoms with van der Waals surface area (Å²) in [5, 5.41) is 17.0. The van der Waals surface area contributed by atoms with E-state index in [1.54, 1.807) is 19.1 Å². The summed E-state index contributed by atoms with van der Waals surface area (Å²) in [7, 11) is 0. The number of unbranched alkanes of at least 4 members (excludes halogenated alkanes) is 1. The molecule has 0 aliphatic heterocycles. The van der Waals surface area contributed by atoms with Gasteiger partial charge in [-0.2, -0.15) is 0 Å². The first kappa shape index (κ1) is 18.8. The first-order chi connectivity index (χ1) is 10.5. The minimum absolute atomic E-state index is 0.0400. The second kappa shape index (κ2) is 9.69. The lowest BCUT2D eigenvalue weighted by molar-refractivity contribution is 0.0190. The highest BCUT2D eigenvalue weighted by Crippen LogP contribution is 2.22. The summed E-state index contributed by atoms with van der Waals surface area (Å²) in [6, 6.07) is 7.18. The molecule has 0 aliphatic rings. The Hall–Kier alpha value is -1.27. The molecule has 0 fully saturated rings. The lowest BCUT2D eigenvalue weighted by Gasteiger charge is -2.27. The molecule has 124 valence electrons. The van der Waals surface area contributed by atoms with Crippen LogP contribution in [0.25, 0.3) is 0 Å². The van der Waals surface area contributed by atoms with Crippen LogP contribution in [0.3, 0.4) is 0 Å². The smallest absolute Gasteiger partial charge is 0.160 e. The van der Waals surface area contributed by atoms with E-state index in [-0.39, 0.29) is 5.78 Å². The molecule has 1 aromatic rings. The van der Waals surface area contributed by atoms with Crippen LogP contribution in [0.4, 0.5) is 0 Å². The summed E-state index contributed by atoms with van der Waals surface area (Å²) in [5.74, 6) is -0.0400. The topological polar surface area (TPSA) is 87.4 Å². The summed E-state index contributed by atoms with van der Waals surface area (Å²) in [6.45, 7) is 6.52. The van der Waals surface area contributed by atoms with Crippen LogP contribution in [-0.2, 0) is 5.72 Å². The quantitative estimate of drug-likeness (QED) is 0.282. The van der Waals surface area contributed by atoms with Crippen molar-refractivity contribution in [1.29, 1.82) is 0 Å². The van der Waals surface area contributed by atoms with Crippen molar-refractivity contribution in [2.75, 3.05) is 26.2 Å². The molecule has 0 aromatic heterocycles.